The van der Waals surface area contributed by atoms with Crippen molar-refractivity contribution in [3.63, 3.8) is 0 Å². The lowest BCUT2D eigenvalue weighted by Crippen LogP contribution is -2.13. The molecule has 0 amide bonds. The summed E-state index contributed by atoms with van der Waals surface area (Å²) in [5.41, 5.74) is 0.907. The molecule has 2 heterocycles. The van der Waals surface area contributed by atoms with Gasteiger partial charge in [-0.1, -0.05) is 25.1 Å². The van der Waals surface area contributed by atoms with E-state index < -0.39 is 11.7 Å². The van der Waals surface area contributed by atoms with Crippen LogP contribution in [0.25, 0.3) is 11.2 Å². The summed E-state index contributed by atoms with van der Waals surface area (Å²) in [5, 5.41) is 0. The normalized spacial score (nSPS) is 12.0. The Hall–Kier alpha value is -2.37. The van der Waals surface area contributed by atoms with Crippen LogP contribution in [0, 0.1) is 0 Å². The lowest BCUT2D eigenvalue weighted by molar-refractivity contribution is -0.138. The van der Waals surface area contributed by atoms with E-state index in [1.165, 1.54) is 12.1 Å². The van der Waals surface area contributed by atoms with Gasteiger partial charge in [-0.2, -0.15) is 13.2 Å². The van der Waals surface area contributed by atoms with Gasteiger partial charge in [0.1, 0.15) is 11.3 Å². The molecular formula is C16H14F3N3. The Bertz CT molecular complexity index is 806. The fourth-order valence-electron chi connectivity index (χ4n) is 2.55. The Kier molecular flexibility index (Phi) is 3.60. The first kappa shape index (κ1) is 14.6. The first-order chi connectivity index (χ1) is 10.5. The molecule has 0 saturated carbocycles. The van der Waals surface area contributed by atoms with Crippen molar-refractivity contribution in [1.82, 2.24) is 14.5 Å². The van der Waals surface area contributed by atoms with Crippen LogP contribution >= 0.6 is 0 Å². The zero-order chi connectivity index (χ0) is 15.7. The summed E-state index contributed by atoms with van der Waals surface area (Å²) in [5.74, 6) is 0.727. The predicted octanol–water partition coefficient (Wildman–Crippen LogP) is 4.06. The fraction of sp³-hybridized carbons (Fsp3) is 0.250. The van der Waals surface area contributed by atoms with Crippen LogP contribution in [0.2, 0.25) is 0 Å². The molecule has 3 rings (SSSR count). The smallest absolute Gasteiger partial charge is 0.308 e. The minimum Gasteiger partial charge on any atom is -0.308 e. The molecule has 0 aliphatic rings. The molecule has 1 aromatic carbocycles. The van der Waals surface area contributed by atoms with Gasteiger partial charge in [0, 0.05) is 12.6 Å². The number of pyridine rings is 1. The van der Waals surface area contributed by atoms with Gasteiger partial charge in [-0.05, 0) is 23.8 Å². The number of hydrogen-bond acceptors (Lipinski definition) is 2. The molecule has 0 bridgehead atoms. The lowest BCUT2D eigenvalue weighted by atomic mass is 10.1. The molecule has 0 saturated heterocycles. The van der Waals surface area contributed by atoms with Gasteiger partial charge in [-0.3, -0.25) is 0 Å². The number of aryl methyl sites for hydroxylation is 1. The SMILES string of the molecule is CCc1nc2cccnc2n1Cc1ccccc1C(F)(F)F. The molecule has 0 fully saturated rings. The van der Waals surface area contributed by atoms with Gasteiger partial charge in [0.25, 0.3) is 0 Å². The maximum absolute atomic E-state index is 13.1. The van der Waals surface area contributed by atoms with Gasteiger partial charge in [-0.15, -0.1) is 0 Å². The average Bonchev–Trinajstić information content (AvgIpc) is 2.85. The Morgan fingerprint density at radius 1 is 1.09 bits per heavy atom. The highest BCUT2D eigenvalue weighted by Crippen LogP contribution is 2.32. The molecule has 3 aromatic rings. The standard InChI is InChI=1S/C16H14F3N3/c1-2-14-21-13-8-5-9-20-15(13)22(14)10-11-6-3-4-7-12(11)16(17,18)19/h3-9H,2,10H2,1H3. The van der Waals surface area contributed by atoms with Gasteiger partial charge in [0.05, 0.1) is 12.1 Å². The summed E-state index contributed by atoms with van der Waals surface area (Å²) in [6.07, 6.45) is -2.12. The van der Waals surface area contributed by atoms with E-state index in [4.69, 9.17) is 0 Å². The maximum atomic E-state index is 13.1. The minimum absolute atomic E-state index is 0.104. The van der Waals surface area contributed by atoms with Crippen LogP contribution in [0.3, 0.4) is 0 Å². The summed E-state index contributed by atoms with van der Waals surface area (Å²) in [4.78, 5) is 8.70. The van der Waals surface area contributed by atoms with E-state index in [9.17, 15) is 13.2 Å². The summed E-state index contributed by atoms with van der Waals surface area (Å²) < 4.78 is 41.1. The number of rotatable bonds is 3. The van der Waals surface area contributed by atoms with E-state index >= 15 is 0 Å². The van der Waals surface area contributed by atoms with Crippen molar-refractivity contribution in [1.29, 1.82) is 0 Å². The van der Waals surface area contributed by atoms with Crippen molar-refractivity contribution in [2.24, 2.45) is 0 Å². The second kappa shape index (κ2) is 5.44. The van der Waals surface area contributed by atoms with E-state index in [-0.39, 0.29) is 12.1 Å². The Labute approximate surface area is 125 Å². The van der Waals surface area contributed by atoms with Gasteiger partial charge >= 0.3 is 6.18 Å². The number of benzene rings is 1. The van der Waals surface area contributed by atoms with E-state index in [1.807, 2.05) is 13.0 Å². The summed E-state index contributed by atoms with van der Waals surface area (Å²) in [6.45, 7) is 2.03. The number of alkyl halides is 3. The van der Waals surface area contributed by atoms with E-state index in [0.29, 0.717) is 17.6 Å². The van der Waals surface area contributed by atoms with E-state index in [1.54, 1.807) is 22.9 Å². The Morgan fingerprint density at radius 3 is 2.59 bits per heavy atom. The van der Waals surface area contributed by atoms with Crippen molar-refractivity contribution in [2.45, 2.75) is 26.1 Å². The maximum Gasteiger partial charge on any atom is 0.416 e. The average molecular weight is 305 g/mol. The zero-order valence-corrected chi connectivity index (χ0v) is 11.9. The molecule has 0 unspecified atom stereocenters. The molecule has 0 atom stereocenters. The van der Waals surface area contributed by atoms with Crippen molar-refractivity contribution in [3.05, 3.63) is 59.5 Å². The predicted molar refractivity (Wildman–Crippen MR) is 77.5 cm³/mol. The molecule has 3 nitrogen and oxygen atoms in total. The zero-order valence-electron chi connectivity index (χ0n) is 11.9. The van der Waals surface area contributed by atoms with Crippen LogP contribution in [0.15, 0.2) is 42.6 Å². The first-order valence-corrected chi connectivity index (χ1v) is 6.96. The third-order valence-corrected chi connectivity index (χ3v) is 3.55. The molecule has 0 N–H and O–H groups in total. The number of hydrogen-bond donors (Lipinski definition) is 0. The van der Waals surface area contributed by atoms with Crippen LogP contribution in [0.1, 0.15) is 23.9 Å². The van der Waals surface area contributed by atoms with Crippen LogP contribution in [-0.4, -0.2) is 14.5 Å². The molecule has 2 aromatic heterocycles. The second-order valence-electron chi connectivity index (χ2n) is 4.97. The van der Waals surface area contributed by atoms with Gasteiger partial charge in [0.2, 0.25) is 0 Å². The number of halogens is 3. The molecule has 114 valence electrons. The largest absolute Gasteiger partial charge is 0.416 e. The number of fused-ring (bicyclic) bond motifs is 1. The Balaban J connectivity index is 2.11. The third kappa shape index (κ3) is 2.56. The quantitative estimate of drug-likeness (QED) is 0.730. The molecule has 6 heteroatoms. The van der Waals surface area contributed by atoms with Gasteiger partial charge in [-0.25, -0.2) is 9.97 Å². The molecular weight excluding hydrogens is 291 g/mol. The van der Waals surface area contributed by atoms with Crippen LogP contribution < -0.4 is 0 Å². The molecule has 0 spiro atoms. The third-order valence-electron chi connectivity index (χ3n) is 3.55. The molecule has 0 radical (unpaired) electrons. The topological polar surface area (TPSA) is 30.7 Å². The number of nitrogens with zero attached hydrogens (tertiary/aromatic N) is 3. The number of imidazole rings is 1. The van der Waals surface area contributed by atoms with Crippen LogP contribution in [-0.2, 0) is 19.1 Å². The highest BCUT2D eigenvalue weighted by molar-refractivity contribution is 5.71. The molecule has 0 aliphatic heterocycles. The number of aromatic nitrogens is 3. The van der Waals surface area contributed by atoms with Crippen LogP contribution in [0.4, 0.5) is 13.2 Å². The summed E-state index contributed by atoms with van der Waals surface area (Å²) in [6, 6.07) is 9.20. The van der Waals surface area contributed by atoms with Gasteiger partial charge < -0.3 is 4.57 Å². The monoisotopic (exact) mass is 305 g/mol. The van der Waals surface area contributed by atoms with Crippen molar-refractivity contribution < 1.29 is 13.2 Å². The summed E-state index contributed by atoms with van der Waals surface area (Å²) >= 11 is 0. The fourth-order valence-corrected chi connectivity index (χ4v) is 2.55. The summed E-state index contributed by atoms with van der Waals surface area (Å²) in [7, 11) is 0. The van der Waals surface area contributed by atoms with E-state index in [0.717, 1.165) is 11.9 Å². The molecule has 22 heavy (non-hydrogen) atoms. The second-order valence-corrected chi connectivity index (χ2v) is 4.97. The van der Waals surface area contributed by atoms with Crippen molar-refractivity contribution >= 4 is 11.2 Å². The minimum atomic E-state index is -4.37. The highest BCUT2D eigenvalue weighted by atomic mass is 19.4. The first-order valence-electron chi connectivity index (χ1n) is 6.96. The Morgan fingerprint density at radius 2 is 1.86 bits per heavy atom. The lowest BCUT2D eigenvalue weighted by Gasteiger charge is -2.14. The molecule has 0 aliphatic carbocycles. The van der Waals surface area contributed by atoms with E-state index in [2.05, 4.69) is 9.97 Å². The van der Waals surface area contributed by atoms with Crippen molar-refractivity contribution in [2.75, 3.05) is 0 Å². The van der Waals surface area contributed by atoms with Crippen molar-refractivity contribution in [3.8, 4) is 0 Å². The van der Waals surface area contributed by atoms with Gasteiger partial charge in [0.15, 0.2) is 5.65 Å². The highest BCUT2D eigenvalue weighted by Gasteiger charge is 2.33. The van der Waals surface area contributed by atoms with Crippen LogP contribution in [0.5, 0.6) is 0 Å².